The molecule has 3 N–H and O–H groups in total. The monoisotopic (exact) mass is 476 g/mol. The van der Waals surface area contributed by atoms with Crippen molar-refractivity contribution in [3.8, 4) is 0 Å². The van der Waals surface area contributed by atoms with Gasteiger partial charge in [-0.25, -0.2) is 10.3 Å². The fourth-order valence-corrected chi connectivity index (χ4v) is 5.33. The van der Waals surface area contributed by atoms with Crippen molar-refractivity contribution < 1.29 is 24.7 Å². The Bertz CT molecular complexity index is 1270. The minimum absolute atomic E-state index is 0.102. The number of nitrogens with zero attached hydrogens (tertiary/aromatic N) is 3. The Kier molecular flexibility index (Phi) is 6.27. The lowest BCUT2D eigenvalue weighted by Gasteiger charge is -2.35. The second-order valence-electron chi connectivity index (χ2n) is 9.23. The van der Waals surface area contributed by atoms with Crippen LogP contribution in [0.3, 0.4) is 0 Å². The first-order valence-corrected chi connectivity index (χ1v) is 11.8. The molecule has 2 heterocycles. The van der Waals surface area contributed by atoms with Crippen molar-refractivity contribution in [3.05, 3.63) is 70.9 Å². The number of benzene rings is 2. The van der Waals surface area contributed by atoms with Gasteiger partial charge >= 0.3 is 6.09 Å². The van der Waals surface area contributed by atoms with Gasteiger partial charge in [-0.3, -0.25) is 19.7 Å². The molecule has 5 rings (SSSR count). The molecule has 2 aromatic carbocycles. The summed E-state index contributed by atoms with van der Waals surface area (Å²) in [6.45, 7) is 3.47. The first kappa shape index (κ1) is 23.1. The van der Waals surface area contributed by atoms with Crippen molar-refractivity contribution in [1.82, 2.24) is 19.8 Å². The Morgan fingerprint density at radius 2 is 1.71 bits per heavy atom. The average molecular weight is 477 g/mol. The zero-order valence-corrected chi connectivity index (χ0v) is 19.3. The van der Waals surface area contributed by atoms with E-state index in [2.05, 4.69) is 9.47 Å². The lowest BCUT2D eigenvalue weighted by atomic mass is 9.84. The van der Waals surface area contributed by atoms with Crippen LogP contribution in [0.4, 0.5) is 4.79 Å². The molecule has 1 unspecified atom stereocenters. The van der Waals surface area contributed by atoms with Gasteiger partial charge in [0, 0.05) is 72.9 Å². The highest BCUT2D eigenvalue weighted by atomic mass is 16.5. The molecule has 9 heteroatoms. The second-order valence-corrected chi connectivity index (χ2v) is 9.23. The number of Topliss-reactive ketones (excluding diaryl/α,β-unsaturated/α-hetero) is 1. The molecule has 1 aliphatic heterocycles. The number of carbonyl (C=O) groups excluding carboxylic acids is 2. The molecule has 1 atom stereocenters. The predicted octanol–water partition coefficient (Wildman–Crippen LogP) is 2.85. The standard InChI is InChI=1S/C26H28N4O5/c31-24-19(16-28-11-13-29(14-12-28)26(33)34)9-10-22-23(24)20-3-1-2-4-21(20)30(22)15-17-5-7-18(8-6-17)25(32)27-35/h1-8,19,35H,9-16H2,(H,27,32)(H,33,34). The van der Waals surface area contributed by atoms with E-state index < -0.39 is 12.0 Å². The minimum Gasteiger partial charge on any atom is -0.465 e. The van der Waals surface area contributed by atoms with Crippen molar-refractivity contribution in [2.75, 3.05) is 32.7 Å². The van der Waals surface area contributed by atoms with Crippen molar-refractivity contribution in [2.45, 2.75) is 19.4 Å². The molecule has 0 radical (unpaired) electrons. The summed E-state index contributed by atoms with van der Waals surface area (Å²) in [6.07, 6.45) is 0.666. The fraction of sp³-hybridized carbons (Fsp3) is 0.346. The molecule has 2 aliphatic rings. The van der Waals surface area contributed by atoms with Crippen molar-refractivity contribution in [1.29, 1.82) is 0 Å². The summed E-state index contributed by atoms with van der Waals surface area (Å²) in [6, 6.07) is 15.0. The van der Waals surface area contributed by atoms with Gasteiger partial charge < -0.3 is 14.6 Å². The maximum atomic E-state index is 13.7. The van der Waals surface area contributed by atoms with Crippen LogP contribution in [0.5, 0.6) is 0 Å². The highest BCUT2D eigenvalue weighted by Crippen LogP contribution is 2.35. The zero-order chi connectivity index (χ0) is 24.5. The molecule has 2 amide bonds. The number of hydroxylamine groups is 1. The number of hydrogen-bond acceptors (Lipinski definition) is 5. The largest absolute Gasteiger partial charge is 0.465 e. The summed E-state index contributed by atoms with van der Waals surface area (Å²) in [5.74, 6) is -0.493. The molecule has 1 saturated heterocycles. The van der Waals surface area contributed by atoms with E-state index in [-0.39, 0.29) is 11.7 Å². The Morgan fingerprint density at radius 1 is 1.00 bits per heavy atom. The SMILES string of the molecule is O=C(NO)c1ccc(Cn2c3c(c4ccccc42)C(=O)C(CN2CCN(C(=O)O)CC2)CC3)cc1. The molecule has 1 fully saturated rings. The third-order valence-corrected chi connectivity index (χ3v) is 7.21. The van der Waals surface area contributed by atoms with Gasteiger partial charge in [-0.2, -0.15) is 0 Å². The zero-order valence-electron chi connectivity index (χ0n) is 19.3. The first-order valence-electron chi connectivity index (χ1n) is 11.8. The molecule has 35 heavy (non-hydrogen) atoms. The van der Waals surface area contributed by atoms with Crippen molar-refractivity contribution >= 4 is 28.7 Å². The number of piperazine rings is 1. The van der Waals surface area contributed by atoms with Crippen LogP contribution in [0.25, 0.3) is 10.9 Å². The van der Waals surface area contributed by atoms with Gasteiger partial charge in [0.05, 0.1) is 0 Å². The second kappa shape index (κ2) is 9.52. The number of rotatable bonds is 5. The lowest BCUT2D eigenvalue weighted by molar-refractivity contribution is 0.0706. The Morgan fingerprint density at radius 3 is 2.40 bits per heavy atom. The molecule has 0 bridgehead atoms. The van der Waals surface area contributed by atoms with Gasteiger partial charge in [0.15, 0.2) is 5.78 Å². The van der Waals surface area contributed by atoms with Crippen LogP contribution in [-0.2, 0) is 13.0 Å². The van der Waals surface area contributed by atoms with Gasteiger partial charge in [-0.15, -0.1) is 0 Å². The Balaban J connectivity index is 1.39. The van der Waals surface area contributed by atoms with E-state index in [1.807, 2.05) is 36.4 Å². The number of nitrogens with one attached hydrogen (secondary N) is 1. The van der Waals surface area contributed by atoms with Gasteiger partial charge in [0.2, 0.25) is 0 Å². The Hall–Kier alpha value is -3.69. The molecular weight excluding hydrogens is 448 g/mol. The number of carboxylic acid groups (broad SMARTS) is 1. The van der Waals surface area contributed by atoms with Crippen LogP contribution in [0.1, 0.15) is 38.4 Å². The van der Waals surface area contributed by atoms with E-state index in [0.717, 1.165) is 40.6 Å². The molecule has 1 aromatic heterocycles. The number of amides is 2. The fourth-order valence-electron chi connectivity index (χ4n) is 5.33. The molecule has 3 aromatic rings. The maximum Gasteiger partial charge on any atom is 0.407 e. The third-order valence-electron chi connectivity index (χ3n) is 7.21. The highest BCUT2D eigenvalue weighted by molar-refractivity contribution is 6.11. The summed E-state index contributed by atoms with van der Waals surface area (Å²) in [5.41, 5.74) is 5.87. The smallest absolute Gasteiger partial charge is 0.407 e. The van der Waals surface area contributed by atoms with E-state index in [4.69, 9.17) is 5.21 Å². The van der Waals surface area contributed by atoms with E-state index >= 15 is 0 Å². The van der Waals surface area contributed by atoms with Crippen LogP contribution in [0.2, 0.25) is 0 Å². The molecule has 0 spiro atoms. The van der Waals surface area contributed by atoms with Crippen LogP contribution in [0.15, 0.2) is 48.5 Å². The van der Waals surface area contributed by atoms with Crippen LogP contribution in [0, 0.1) is 5.92 Å². The van der Waals surface area contributed by atoms with Crippen LogP contribution < -0.4 is 5.48 Å². The average Bonchev–Trinajstić information content (AvgIpc) is 3.20. The molecule has 9 nitrogen and oxygen atoms in total. The molecule has 1 aliphatic carbocycles. The quantitative estimate of drug-likeness (QED) is 0.385. The van der Waals surface area contributed by atoms with Crippen LogP contribution >= 0.6 is 0 Å². The summed E-state index contributed by atoms with van der Waals surface area (Å²) >= 11 is 0. The maximum absolute atomic E-state index is 13.7. The van der Waals surface area contributed by atoms with E-state index in [9.17, 15) is 19.5 Å². The lowest BCUT2D eigenvalue weighted by Crippen LogP contribution is -2.50. The normalized spacial score (nSPS) is 18.5. The van der Waals surface area contributed by atoms with Gasteiger partial charge in [-0.05, 0) is 36.6 Å². The minimum atomic E-state index is -0.887. The number of carbonyl (C=O) groups is 3. The van der Waals surface area contributed by atoms with Gasteiger partial charge in [0.1, 0.15) is 0 Å². The number of ketones is 1. The molecule has 182 valence electrons. The van der Waals surface area contributed by atoms with E-state index in [1.54, 1.807) is 17.6 Å². The highest BCUT2D eigenvalue weighted by Gasteiger charge is 2.34. The van der Waals surface area contributed by atoms with E-state index in [1.165, 1.54) is 4.90 Å². The van der Waals surface area contributed by atoms with E-state index in [0.29, 0.717) is 44.8 Å². The van der Waals surface area contributed by atoms with Crippen molar-refractivity contribution in [2.24, 2.45) is 5.92 Å². The predicted molar refractivity (Wildman–Crippen MR) is 129 cm³/mol. The number of hydrogen-bond donors (Lipinski definition) is 3. The number of fused-ring (bicyclic) bond motifs is 3. The summed E-state index contributed by atoms with van der Waals surface area (Å²) in [7, 11) is 0. The van der Waals surface area contributed by atoms with Crippen molar-refractivity contribution in [3.63, 3.8) is 0 Å². The van der Waals surface area contributed by atoms with Gasteiger partial charge in [-0.1, -0.05) is 30.3 Å². The summed E-state index contributed by atoms with van der Waals surface area (Å²) < 4.78 is 2.20. The Labute approximate surface area is 202 Å². The van der Waals surface area contributed by atoms with Crippen LogP contribution in [-0.4, -0.2) is 75.2 Å². The molecule has 0 saturated carbocycles. The summed E-state index contributed by atoms with van der Waals surface area (Å²) in [5, 5.41) is 19.0. The number of aromatic nitrogens is 1. The summed E-state index contributed by atoms with van der Waals surface area (Å²) in [4.78, 5) is 40.1. The molecular formula is C26H28N4O5. The first-order chi connectivity index (χ1) is 17.0. The van der Waals surface area contributed by atoms with Gasteiger partial charge in [0.25, 0.3) is 5.91 Å². The number of para-hydroxylation sites is 1. The third kappa shape index (κ3) is 4.40. The topological polar surface area (TPSA) is 115 Å².